The second kappa shape index (κ2) is 6.55. The highest BCUT2D eigenvalue weighted by atomic mass is 16.5. The molecule has 112 valence electrons. The Bertz CT molecular complexity index is 276. The highest BCUT2D eigenvalue weighted by Gasteiger charge is 2.44. The molecule has 2 rings (SSSR count). The zero-order valence-electron chi connectivity index (χ0n) is 12.9. The summed E-state index contributed by atoms with van der Waals surface area (Å²) in [6, 6.07) is 0. The third kappa shape index (κ3) is 3.50. The second-order valence-corrected chi connectivity index (χ2v) is 6.76. The van der Waals surface area contributed by atoms with Crippen LogP contribution in [0.4, 0.5) is 0 Å². The molecule has 0 aromatic rings. The number of hydrogen-bond acceptors (Lipinski definition) is 3. The van der Waals surface area contributed by atoms with Crippen molar-refractivity contribution >= 4 is 0 Å². The molecule has 0 spiro atoms. The third-order valence-electron chi connectivity index (χ3n) is 5.38. The van der Waals surface area contributed by atoms with E-state index in [1.54, 1.807) is 0 Å². The van der Waals surface area contributed by atoms with Crippen molar-refractivity contribution in [2.24, 2.45) is 5.73 Å². The Labute approximate surface area is 118 Å². The fraction of sp³-hybridized carbons (Fsp3) is 1.00. The van der Waals surface area contributed by atoms with Crippen molar-refractivity contribution in [2.45, 2.75) is 76.4 Å². The Morgan fingerprint density at radius 2 is 1.74 bits per heavy atom. The van der Waals surface area contributed by atoms with E-state index in [4.69, 9.17) is 10.5 Å². The summed E-state index contributed by atoms with van der Waals surface area (Å²) in [6.45, 7) is 8.62. The molecule has 0 bridgehead atoms. The predicted molar refractivity (Wildman–Crippen MR) is 80.3 cm³/mol. The molecule has 0 saturated carbocycles. The average Bonchev–Trinajstić information content (AvgIpc) is 2.38. The van der Waals surface area contributed by atoms with Gasteiger partial charge in [0, 0.05) is 18.7 Å². The van der Waals surface area contributed by atoms with Crippen molar-refractivity contribution in [3.05, 3.63) is 0 Å². The number of rotatable bonds is 3. The molecular formula is C16H32N2O. The van der Waals surface area contributed by atoms with E-state index in [2.05, 4.69) is 18.7 Å². The Kier molecular flexibility index (Phi) is 5.27. The van der Waals surface area contributed by atoms with Gasteiger partial charge in [0.05, 0.1) is 5.60 Å². The Morgan fingerprint density at radius 1 is 1.11 bits per heavy atom. The quantitative estimate of drug-likeness (QED) is 0.855. The van der Waals surface area contributed by atoms with Gasteiger partial charge in [0.1, 0.15) is 0 Å². The largest absolute Gasteiger partial charge is 0.375 e. The number of likely N-dealkylation sites (tertiary alicyclic amines) is 1. The monoisotopic (exact) mass is 268 g/mol. The Morgan fingerprint density at radius 3 is 2.32 bits per heavy atom. The van der Waals surface area contributed by atoms with Crippen LogP contribution in [0.5, 0.6) is 0 Å². The molecule has 3 heteroatoms. The molecule has 2 N–H and O–H groups in total. The van der Waals surface area contributed by atoms with E-state index >= 15 is 0 Å². The van der Waals surface area contributed by atoms with Crippen molar-refractivity contribution in [3.8, 4) is 0 Å². The van der Waals surface area contributed by atoms with Crippen LogP contribution in [0.3, 0.4) is 0 Å². The lowest BCUT2D eigenvalue weighted by Crippen LogP contribution is -2.61. The normalized spacial score (nSPS) is 38.7. The van der Waals surface area contributed by atoms with E-state index in [1.165, 1.54) is 45.2 Å². The van der Waals surface area contributed by atoms with Gasteiger partial charge in [-0.3, -0.25) is 4.90 Å². The molecule has 0 aromatic heterocycles. The van der Waals surface area contributed by atoms with Crippen LogP contribution in [-0.2, 0) is 4.74 Å². The summed E-state index contributed by atoms with van der Waals surface area (Å²) >= 11 is 0. The highest BCUT2D eigenvalue weighted by molar-refractivity contribution is 5.00. The maximum absolute atomic E-state index is 6.24. The Balaban J connectivity index is 2.10. The molecule has 2 aliphatic rings. The summed E-state index contributed by atoms with van der Waals surface area (Å²) in [5, 5.41) is 0. The van der Waals surface area contributed by atoms with E-state index in [9.17, 15) is 0 Å². The summed E-state index contributed by atoms with van der Waals surface area (Å²) in [5.41, 5.74) is 6.46. The first-order valence-corrected chi connectivity index (χ1v) is 8.23. The van der Waals surface area contributed by atoms with Crippen LogP contribution in [0.2, 0.25) is 0 Å². The summed E-state index contributed by atoms with van der Waals surface area (Å²) in [6.07, 6.45) is 10.2. The average molecular weight is 268 g/mol. The summed E-state index contributed by atoms with van der Waals surface area (Å²) < 4.78 is 6.04. The molecule has 0 aromatic carbocycles. The van der Waals surface area contributed by atoms with Crippen LogP contribution < -0.4 is 5.73 Å². The van der Waals surface area contributed by atoms with Crippen LogP contribution in [0.25, 0.3) is 0 Å². The topological polar surface area (TPSA) is 38.5 Å². The minimum Gasteiger partial charge on any atom is -0.375 e. The van der Waals surface area contributed by atoms with Crippen LogP contribution in [0.1, 0.15) is 65.2 Å². The number of nitrogens with two attached hydrogens (primary N) is 1. The van der Waals surface area contributed by atoms with Gasteiger partial charge in [-0.25, -0.2) is 0 Å². The first-order chi connectivity index (χ1) is 9.14. The SMILES string of the molecule is CCC1(C)CC(CN)(N2CCCCCCC2)CCO1. The van der Waals surface area contributed by atoms with E-state index in [0.717, 1.165) is 32.4 Å². The zero-order chi connectivity index (χ0) is 13.8. The smallest absolute Gasteiger partial charge is 0.0670 e. The molecule has 2 atom stereocenters. The fourth-order valence-corrected chi connectivity index (χ4v) is 3.85. The maximum atomic E-state index is 6.24. The van der Waals surface area contributed by atoms with Crippen molar-refractivity contribution in [3.63, 3.8) is 0 Å². The lowest BCUT2D eigenvalue weighted by molar-refractivity contribution is -0.130. The van der Waals surface area contributed by atoms with Gasteiger partial charge in [0.15, 0.2) is 0 Å². The van der Waals surface area contributed by atoms with Crippen molar-refractivity contribution in [1.29, 1.82) is 0 Å². The molecular weight excluding hydrogens is 236 g/mol. The number of nitrogens with zero attached hydrogens (tertiary/aromatic N) is 1. The highest BCUT2D eigenvalue weighted by Crippen LogP contribution is 2.38. The van der Waals surface area contributed by atoms with Crippen LogP contribution in [0, 0.1) is 0 Å². The molecule has 2 saturated heterocycles. The van der Waals surface area contributed by atoms with Crippen LogP contribution in [0.15, 0.2) is 0 Å². The fourth-order valence-electron chi connectivity index (χ4n) is 3.85. The molecule has 2 unspecified atom stereocenters. The van der Waals surface area contributed by atoms with Gasteiger partial charge >= 0.3 is 0 Å². The minimum atomic E-state index is 0.0278. The standard InChI is InChI=1S/C16H32N2O/c1-3-15(2)13-16(14-17,9-12-19-15)18-10-7-5-4-6-8-11-18/h3-14,17H2,1-2H3. The van der Waals surface area contributed by atoms with E-state index in [-0.39, 0.29) is 11.1 Å². The van der Waals surface area contributed by atoms with Gasteiger partial charge in [-0.1, -0.05) is 26.2 Å². The second-order valence-electron chi connectivity index (χ2n) is 6.76. The van der Waals surface area contributed by atoms with Gasteiger partial charge in [-0.05, 0) is 52.1 Å². The first-order valence-electron chi connectivity index (χ1n) is 8.23. The van der Waals surface area contributed by atoms with Gasteiger partial charge < -0.3 is 10.5 Å². The molecule has 2 aliphatic heterocycles. The molecule has 0 amide bonds. The summed E-state index contributed by atoms with van der Waals surface area (Å²) in [7, 11) is 0. The van der Waals surface area contributed by atoms with Gasteiger partial charge in [0.2, 0.25) is 0 Å². The summed E-state index contributed by atoms with van der Waals surface area (Å²) in [4.78, 5) is 2.71. The molecule has 0 aliphatic carbocycles. The first kappa shape index (κ1) is 15.3. The lowest BCUT2D eigenvalue weighted by Gasteiger charge is -2.52. The molecule has 0 radical (unpaired) electrons. The van der Waals surface area contributed by atoms with E-state index in [1.807, 2.05) is 0 Å². The predicted octanol–water partition coefficient (Wildman–Crippen LogP) is 2.93. The zero-order valence-corrected chi connectivity index (χ0v) is 12.9. The third-order valence-corrected chi connectivity index (χ3v) is 5.38. The summed E-state index contributed by atoms with van der Waals surface area (Å²) in [5.74, 6) is 0. The lowest BCUT2D eigenvalue weighted by atomic mass is 9.77. The van der Waals surface area contributed by atoms with E-state index < -0.39 is 0 Å². The van der Waals surface area contributed by atoms with Crippen molar-refractivity contribution < 1.29 is 4.74 Å². The van der Waals surface area contributed by atoms with Gasteiger partial charge in [-0.2, -0.15) is 0 Å². The molecule has 19 heavy (non-hydrogen) atoms. The Hall–Kier alpha value is -0.120. The molecule has 2 heterocycles. The van der Waals surface area contributed by atoms with Crippen LogP contribution >= 0.6 is 0 Å². The van der Waals surface area contributed by atoms with Crippen LogP contribution in [-0.4, -0.2) is 42.3 Å². The van der Waals surface area contributed by atoms with Crippen molar-refractivity contribution in [2.75, 3.05) is 26.2 Å². The van der Waals surface area contributed by atoms with Gasteiger partial charge in [0.25, 0.3) is 0 Å². The van der Waals surface area contributed by atoms with Gasteiger partial charge in [-0.15, -0.1) is 0 Å². The minimum absolute atomic E-state index is 0.0278. The maximum Gasteiger partial charge on any atom is 0.0670 e. The number of ether oxygens (including phenoxy) is 1. The van der Waals surface area contributed by atoms with Crippen molar-refractivity contribution in [1.82, 2.24) is 4.90 Å². The molecule has 3 nitrogen and oxygen atoms in total. The molecule has 2 fully saturated rings. The number of hydrogen-bond donors (Lipinski definition) is 1. The van der Waals surface area contributed by atoms with E-state index in [0.29, 0.717) is 0 Å².